The molecule has 1 aliphatic carbocycles. The van der Waals surface area contributed by atoms with Crippen molar-refractivity contribution in [2.24, 2.45) is 5.41 Å². The molecule has 1 aromatic carbocycles. The standard InChI is InChI=1S/C19H29NO/c1-5-20-16-12-19(10-6-9-18(3,4)13-19)21-17-8-7-14(2)11-15(16)17/h7-8,11,16,20H,5-6,9-10,12-13H2,1-4H3. The first-order valence-corrected chi connectivity index (χ1v) is 8.46. The molecule has 2 heteroatoms. The molecular weight excluding hydrogens is 258 g/mol. The van der Waals surface area contributed by atoms with Crippen LogP contribution in [0.15, 0.2) is 18.2 Å². The van der Waals surface area contributed by atoms with Crippen LogP contribution >= 0.6 is 0 Å². The number of hydrogen-bond acceptors (Lipinski definition) is 2. The minimum Gasteiger partial charge on any atom is -0.487 e. The van der Waals surface area contributed by atoms with Gasteiger partial charge in [-0.25, -0.2) is 0 Å². The van der Waals surface area contributed by atoms with Gasteiger partial charge in [0.05, 0.1) is 0 Å². The molecule has 2 nitrogen and oxygen atoms in total. The largest absolute Gasteiger partial charge is 0.487 e. The van der Waals surface area contributed by atoms with Gasteiger partial charge in [-0.3, -0.25) is 0 Å². The Hall–Kier alpha value is -1.02. The summed E-state index contributed by atoms with van der Waals surface area (Å²) in [5, 5.41) is 3.69. The van der Waals surface area contributed by atoms with Gasteiger partial charge in [0.15, 0.2) is 0 Å². The maximum absolute atomic E-state index is 6.59. The number of aryl methyl sites for hydroxylation is 1. The van der Waals surface area contributed by atoms with Crippen LogP contribution in [0.25, 0.3) is 0 Å². The van der Waals surface area contributed by atoms with E-state index in [9.17, 15) is 0 Å². The molecule has 1 aliphatic heterocycles. The van der Waals surface area contributed by atoms with Gasteiger partial charge in [0.25, 0.3) is 0 Å². The molecule has 1 aromatic rings. The van der Waals surface area contributed by atoms with Gasteiger partial charge in [0.2, 0.25) is 0 Å². The number of nitrogens with one attached hydrogen (secondary N) is 1. The fourth-order valence-electron chi connectivity index (χ4n) is 4.42. The topological polar surface area (TPSA) is 21.3 Å². The quantitative estimate of drug-likeness (QED) is 0.846. The normalized spacial score (nSPS) is 30.8. The van der Waals surface area contributed by atoms with Crippen molar-refractivity contribution in [3.63, 3.8) is 0 Å². The zero-order valence-electron chi connectivity index (χ0n) is 14.0. The lowest BCUT2D eigenvalue weighted by Crippen LogP contribution is -2.49. The summed E-state index contributed by atoms with van der Waals surface area (Å²) >= 11 is 0. The Morgan fingerprint density at radius 2 is 2.10 bits per heavy atom. The van der Waals surface area contributed by atoms with Crippen LogP contribution in [-0.2, 0) is 0 Å². The first-order valence-electron chi connectivity index (χ1n) is 8.46. The number of benzene rings is 1. The Balaban J connectivity index is 1.95. The lowest BCUT2D eigenvalue weighted by molar-refractivity contribution is -0.0418. The Labute approximate surface area is 129 Å². The van der Waals surface area contributed by atoms with Gasteiger partial charge in [-0.05, 0) is 50.6 Å². The van der Waals surface area contributed by atoms with E-state index in [1.54, 1.807) is 0 Å². The molecule has 0 saturated heterocycles. The van der Waals surface area contributed by atoms with E-state index in [0.29, 0.717) is 11.5 Å². The van der Waals surface area contributed by atoms with E-state index in [1.165, 1.54) is 36.8 Å². The summed E-state index contributed by atoms with van der Waals surface area (Å²) in [6.45, 7) is 10.2. The van der Waals surface area contributed by atoms with Crippen molar-refractivity contribution in [2.45, 2.75) is 71.4 Å². The fraction of sp³-hybridized carbons (Fsp3) is 0.684. The first kappa shape index (κ1) is 14.9. The molecule has 0 aromatic heterocycles. The summed E-state index contributed by atoms with van der Waals surface area (Å²) < 4.78 is 6.59. The lowest BCUT2D eigenvalue weighted by atomic mass is 9.66. The van der Waals surface area contributed by atoms with Gasteiger partial charge >= 0.3 is 0 Å². The van der Waals surface area contributed by atoms with E-state index in [4.69, 9.17) is 4.74 Å². The van der Waals surface area contributed by atoms with Crippen molar-refractivity contribution in [2.75, 3.05) is 6.54 Å². The number of ether oxygens (including phenoxy) is 1. The van der Waals surface area contributed by atoms with E-state index in [1.807, 2.05) is 0 Å². The molecule has 21 heavy (non-hydrogen) atoms. The van der Waals surface area contributed by atoms with Crippen LogP contribution in [0.4, 0.5) is 0 Å². The highest BCUT2D eigenvalue weighted by molar-refractivity contribution is 5.42. The van der Waals surface area contributed by atoms with Crippen molar-refractivity contribution in [3.8, 4) is 5.75 Å². The minimum absolute atomic E-state index is 0.0385. The summed E-state index contributed by atoms with van der Waals surface area (Å²) in [7, 11) is 0. The maximum atomic E-state index is 6.59. The second-order valence-electron chi connectivity index (χ2n) is 7.84. The number of fused-ring (bicyclic) bond motifs is 1. The van der Waals surface area contributed by atoms with Crippen molar-refractivity contribution >= 4 is 0 Å². The predicted molar refractivity (Wildman–Crippen MR) is 87.8 cm³/mol. The highest BCUT2D eigenvalue weighted by atomic mass is 16.5. The molecular formula is C19H29NO. The number of rotatable bonds is 2. The van der Waals surface area contributed by atoms with Gasteiger partial charge in [-0.2, -0.15) is 0 Å². The molecule has 0 bridgehead atoms. The third-order valence-corrected chi connectivity index (χ3v) is 5.18. The van der Waals surface area contributed by atoms with Crippen molar-refractivity contribution < 1.29 is 4.74 Å². The lowest BCUT2D eigenvalue weighted by Gasteiger charge is -2.49. The molecule has 1 N–H and O–H groups in total. The molecule has 2 atom stereocenters. The van der Waals surface area contributed by atoms with E-state index in [-0.39, 0.29) is 5.60 Å². The van der Waals surface area contributed by atoms with Gasteiger partial charge in [-0.15, -0.1) is 0 Å². The highest BCUT2D eigenvalue weighted by Crippen LogP contribution is 2.50. The average Bonchev–Trinajstić information content (AvgIpc) is 2.39. The van der Waals surface area contributed by atoms with Crippen LogP contribution in [-0.4, -0.2) is 12.1 Å². The Bertz CT molecular complexity index is 522. The summed E-state index contributed by atoms with van der Waals surface area (Å²) in [5.41, 5.74) is 3.11. The Morgan fingerprint density at radius 3 is 2.81 bits per heavy atom. The van der Waals surface area contributed by atoms with Crippen LogP contribution in [0.1, 0.15) is 70.0 Å². The summed E-state index contributed by atoms with van der Waals surface area (Å²) in [6, 6.07) is 7.09. The predicted octanol–water partition coefficient (Wildman–Crippen LogP) is 4.77. The third kappa shape index (κ3) is 2.96. The van der Waals surface area contributed by atoms with Gasteiger partial charge in [0.1, 0.15) is 11.4 Å². The second-order valence-corrected chi connectivity index (χ2v) is 7.84. The Kier molecular flexibility index (Phi) is 3.77. The van der Waals surface area contributed by atoms with Gasteiger partial charge in [0, 0.05) is 18.0 Å². The maximum Gasteiger partial charge on any atom is 0.124 e. The molecule has 1 saturated carbocycles. The summed E-state index contributed by atoms with van der Waals surface area (Å²) in [5.74, 6) is 1.11. The van der Waals surface area contributed by atoms with Crippen LogP contribution < -0.4 is 10.1 Å². The first-order chi connectivity index (χ1) is 9.93. The Morgan fingerprint density at radius 1 is 1.29 bits per heavy atom. The molecule has 116 valence electrons. The van der Waals surface area contributed by atoms with Crippen LogP contribution in [0.5, 0.6) is 5.75 Å². The number of hydrogen-bond donors (Lipinski definition) is 1. The molecule has 3 rings (SSSR count). The van der Waals surface area contributed by atoms with Crippen LogP contribution in [0.2, 0.25) is 0 Å². The summed E-state index contributed by atoms with van der Waals surface area (Å²) in [6.07, 6.45) is 6.10. The monoisotopic (exact) mass is 287 g/mol. The molecule has 2 aliphatic rings. The van der Waals surface area contributed by atoms with E-state index >= 15 is 0 Å². The van der Waals surface area contributed by atoms with Crippen LogP contribution in [0.3, 0.4) is 0 Å². The fourth-order valence-corrected chi connectivity index (χ4v) is 4.42. The third-order valence-electron chi connectivity index (χ3n) is 5.18. The SMILES string of the molecule is CCNC1CC2(CCCC(C)(C)C2)Oc2ccc(C)cc21. The molecule has 1 spiro atoms. The van der Waals surface area contributed by atoms with E-state index in [0.717, 1.165) is 18.7 Å². The van der Waals surface area contributed by atoms with Gasteiger partial charge in [-0.1, -0.05) is 38.5 Å². The molecule has 1 fully saturated rings. The van der Waals surface area contributed by atoms with E-state index in [2.05, 4.69) is 51.2 Å². The zero-order valence-corrected chi connectivity index (χ0v) is 14.0. The smallest absolute Gasteiger partial charge is 0.124 e. The zero-order chi connectivity index (χ0) is 15.1. The molecule has 2 unspecified atom stereocenters. The average molecular weight is 287 g/mol. The highest BCUT2D eigenvalue weighted by Gasteiger charge is 2.46. The van der Waals surface area contributed by atoms with Crippen LogP contribution in [0, 0.1) is 12.3 Å². The second kappa shape index (κ2) is 5.31. The molecule has 1 heterocycles. The molecule has 0 amide bonds. The summed E-state index contributed by atoms with van der Waals surface area (Å²) in [4.78, 5) is 0. The molecule has 0 radical (unpaired) electrons. The van der Waals surface area contributed by atoms with E-state index < -0.39 is 0 Å². The van der Waals surface area contributed by atoms with Crippen molar-refractivity contribution in [1.82, 2.24) is 5.32 Å². The van der Waals surface area contributed by atoms with Crippen molar-refractivity contribution in [3.05, 3.63) is 29.3 Å². The van der Waals surface area contributed by atoms with Crippen molar-refractivity contribution in [1.29, 1.82) is 0 Å². The van der Waals surface area contributed by atoms with Gasteiger partial charge < -0.3 is 10.1 Å². The minimum atomic E-state index is 0.0385.